The first-order chi connectivity index (χ1) is 6.00. The highest BCUT2D eigenvalue weighted by Crippen LogP contribution is 2.02. The lowest BCUT2D eigenvalue weighted by Gasteiger charge is -1.92. The molecule has 65 valence electrons. The Morgan fingerprint density at radius 1 is 0.583 bits per heavy atom. The molecule has 1 rings (SSSR count). The zero-order valence-corrected chi connectivity index (χ0v) is 7.58. The van der Waals surface area contributed by atoms with E-state index in [1.165, 1.54) is 32.1 Å². The Balaban J connectivity index is 2.30. The molecule has 0 bridgehead atoms. The average molecular weight is 161 g/mol. The van der Waals surface area contributed by atoms with E-state index in [9.17, 15) is 0 Å². The minimum Gasteiger partial charge on any atom is -0.0885 e. The van der Waals surface area contributed by atoms with E-state index in [-0.39, 0.29) is 0 Å². The standard InChI is InChI=1S/C12H17/c1-2-4-6-8-10-12-11-9-7-5-3-1/h1-5,10,12H,6-9,11H2/b4-2+,5-3+,12-10+. The van der Waals surface area contributed by atoms with E-state index in [4.69, 9.17) is 0 Å². The molecule has 0 saturated heterocycles. The minimum absolute atomic E-state index is 1.17. The summed E-state index contributed by atoms with van der Waals surface area (Å²) in [6.45, 7) is 0. The maximum atomic E-state index is 2.30. The molecule has 0 aromatic heterocycles. The Kier molecular flexibility index (Phi) is 5.35. The molecule has 0 spiro atoms. The second-order valence-electron chi connectivity index (χ2n) is 3.03. The molecule has 0 unspecified atom stereocenters. The van der Waals surface area contributed by atoms with Crippen LogP contribution in [0.3, 0.4) is 0 Å². The van der Waals surface area contributed by atoms with Crippen LogP contribution in [-0.2, 0) is 0 Å². The van der Waals surface area contributed by atoms with Crippen LogP contribution in [0.25, 0.3) is 0 Å². The van der Waals surface area contributed by atoms with Crippen molar-refractivity contribution in [2.75, 3.05) is 0 Å². The molecule has 0 aromatic rings. The van der Waals surface area contributed by atoms with Crippen LogP contribution in [0.5, 0.6) is 0 Å². The lowest BCUT2D eigenvalue weighted by molar-refractivity contribution is 0.861. The van der Waals surface area contributed by atoms with Crippen molar-refractivity contribution < 1.29 is 0 Å². The van der Waals surface area contributed by atoms with Crippen LogP contribution >= 0.6 is 0 Å². The molecule has 0 aliphatic heterocycles. The van der Waals surface area contributed by atoms with Crippen molar-refractivity contribution in [1.29, 1.82) is 0 Å². The molecule has 12 heavy (non-hydrogen) atoms. The van der Waals surface area contributed by atoms with Crippen molar-refractivity contribution in [3.8, 4) is 0 Å². The van der Waals surface area contributed by atoms with Gasteiger partial charge in [-0.25, -0.2) is 0 Å². The quantitative estimate of drug-likeness (QED) is 0.474. The average Bonchev–Trinajstić information content (AvgIpc) is 2.05. The van der Waals surface area contributed by atoms with Crippen molar-refractivity contribution >= 4 is 0 Å². The van der Waals surface area contributed by atoms with Crippen LogP contribution in [0, 0.1) is 6.42 Å². The van der Waals surface area contributed by atoms with E-state index in [2.05, 4.69) is 42.9 Å². The van der Waals surface area contributed by atoms with Gasteiger partial charge < -0.3 is 0 Å². The second kappa shape index (κ2) is 6.90. The highest BCUT2D eigenvalue weighted by atomic mass is 13.9. The third kappa shape index (κ3) is 4.95. The number of allylic oxidation sites excluding steroid dienone is 6. The topological polar surface area (TPSA) is 0 Å². The summed E-state index contributed by atoms with van der Waals surface area (Å²) < 4.78 is 0. The molecule has 0 amide bonds. The summed E-state index contributed by atoms with van der Waals surface area (Å²) in [6.07, 6.45) is 21.5. The van der Waals surface area contributed by atoms with Crippen molar-refractivity contribution in [1.82, 2.24) is 0 Å². The Hall–Kier alpha value is -0.780. The minimum atomic E-state index is 1.17. The van der Waals surface area contributed by atoms with Gasteiger partial charge in [0.25, 0.3) is 0 Å². The fourth-order valence-corrected chi connectivity index (χ4v) is 1.20. The molecule has 0 heteroatoms. The van der Waals surface area contributed by atoms with Crippen LogP contribution in [0.4, 0.5) is 0 Å². The van der Waals surface area contributed by atoms with Gasteiger partial charge in [0.1, 0.15) is 0 Å². The van der Waals surface area contributed by atoms with Crippen LogP contribution in [0.2, 0.25) is 0 Å². The fraction of sp³-hybridized carbons (Fsp3) is 0.417. The maximum Gasteiger partial charge on any atom is 0.00441 e. The van der Waals surface area contributed by atoms with Crippen LogP contribution in [-0.4, -0.2) is 0 Å². The number of hydrogen-bond acceptors (Lipinski definition) is 0. The summed E-state index contributed by atoms with van der Waals surface area (Å²) in [5.41, 5.74) is 0. The molecular weight excluding hydrogens is 144 g/mol. The monoisotopic (exact) mass is 161 g/mol. The summed E-state index contributed by atoms with van der Waals surface area (Å²) in [4.78, 5) is 0. The van der Waals surface area contributed by atoms with Gasteiger partial charge in [0.05, 0.1) is 0 Å². The first-order valence-electron chi connectivity index (χ1n) is 4.80. The van der Waals surface area contributed by atoms with Gasteiger partial charge in [-0.15, -0.1) is 0 Å². The highest BCUT2D eigenvalue weighted by Gasteiger charge is 1.83. The zero-order chi connectivity index (χ0) is 8.49. The summed E-state index contributed by atoms with van der Waals surface area (Å²) in [5.74, 6) is 0. The lowest BCUT2D eigenvalue weighted by Crippen LogP contribution is -1.72. The third-order valence-corrected chi connectivity index (χ3v) is 1.90. The molecule has 0 fully saturated rings. The van der Waals surface area contributed by atoms with E-state index >= 15 is 0 Å². The van der Waals surface area contributed by atoms with Gasteiger partial charge in [-0.3, -0.25) is 0 Å². The van der Waals surface area contributed by atoms with Crippen LogP contribution in [0.1, 0.15) is 32.1 Å². The largest absolute Gasteiger partial charge is 0.0885 e. The molecule has 0 atom stereocenters. The van der Waals surface area contributed by atoms with Crippen molar-refractivity contribution in [3.63, 3.8) is 0 Å². The summed E-state index contributed by atoms with van der Waals surface area (Å²) in [6, 6.07) is 0. The molecule has 0 nitrogen and oxygen atoms in total. The van der Waals surface area contributed by atoms with Gasteiger partial charge in [-0.1, -0.05) is 36.5 Å². The Morgan fingerprint density at radius 2 is 1.17 bits per heavy atom. The van der Waals surface area contributed by atoms with Crippen molar-refractivity contribution in [3.05, 3.63) is 42.9 Å². The van der Waals surface area contributed by atoms with E-state index in [0.717, 1.165) is 0 Å². The highest BCUT2D eigenvalue weighted by molar-refractivity contribution is 5.08. The molecule has 0 saturated carbocycles. The Morgan fingerprint density at radius 3 is 2.08 bits per heavy atom. The predicted molar refractivity (Wildman–Crippen MR) is 54.8 cm³/mol. The normalized spacial score (nSPS) is 28.0. The SMILES string of the molecule is [CH]1/C=C/CC/C=C/CCC/C=C/1. The van der Waals surface area contributed by atoms with E-state index in [1.807, 2.05) is 0 Å². The maximum absolute atomic E-state index is 2.30. The summed E-state index contributed by atoms with van der Waals surface area (Å²) in [5, 5.41) is 0. The molecule has 0 aromatic carbocycles. The van der Waals surface area contributed by atoms with Gasteiger partial charge in [-0.05, 0) is 32.1 Å². The van der Waals surface area contributed by atoms with Crippen LogP contribution < -0.4 is 0 Å². The van der Waals surface area contributed by atoms with Gasteiger partial charge in [0, 0.05) is 6.42 Å². The molecule has 0 heterocycles. The molecule has 1 aliphatic carbocycles. The van der Waals surface area contributed by atoms with Gasteiger partial charge >= 0.3 is 0 Å². The van der Waals surface area contributed by atoms with E-state index in [1.54, 1.807) is 0 Å². The lowest BCUT2D eigenvalue weighted by atomic mass is 10.1. The van der Waals surface area contributed by atoms with Crippen molar-refractivity contribution in [2.24, 2.45) is 0 Å². The van der Waals surface area contributed by atoms with E-state index < -0.39 is 0 Å². The number of hydrogen-bond donors (Lipinski definition) is 0. The number of rotatable bonds is 0. The predicted octanol–water partition coefficient (Wildman–Crippen LogP) is 3.82. The fourth-order valence-electron chi connectivity index (χ4n) is 1.20. The van der Waals surface area contributed by atoms with Gasteiger partial charge in [0.15, 0.2) is 0 Å². The Bertz CT molecular complexity index is 172. The zero-order valence-electron chi connectivity index (χ0n) is 7.58. The second-order valence-corrected chi connectivity index (χ2v) is 3.03. The van der Waals surface area contributed by atoms with Crippen molar-refractivity contribution in [2.45, 2.75) is 32.1 Å². The summed E-state index contributed by atoms with van der Waals surface area (Å²) in [7, 11) is 0. The van der Waals surface area contributed by atoms with Crippen LogP contribution in [0.15, 0.2) is 36.5 Å². The van der Waals surface area contributed by atoms with Gasteiger partial charge in [0.2, 0.25) is 0 Å². The molecule has 1 aliphatic rings. The van der Waals surface area contributed by atoms with E-state index in [0.29, 0.717) is 0 Å². The first-order valence-corrected chi connectivity index (χ1v) is 4.80. The first kappa shape index (κ1) is 9.31. The third-order valence-electron chi connectivity index (χ3n) is 1.90. The molecular formula is C12H17. The smallest absolute Gasteiger partial charge is 0.00441 e. The molecule has 0 N–H and O–H groups in total. The summed E-state index contributed by atoms with van der Waals surface area (Å²) >= 11 is 0. The molecule has 1 radical (unpaired) electrons. The van der Waals surface area contributed by atoms with Gasteiger partial charge in [-0.2, -0.15) is 0 Å². The Labute approximate surface area is 75.7 Å².